The summed E-state index contributed by atoms with van der Waals surface area (Å²) in [5.74, 6) is -0.390. The fraction of sp³-hybridized carbons (Fsp3) is 0.316. The van der Waals surface area contributed by atoms with Crippen LogP contribution < -0.4 is 15.2 Å². The van der Waals surface area contributed by atoms with Gasteiger partial charge in [0.1, 0.15) is 12.4 Å². The van der Waals surface area contributed by atoms with Crippen LogP contribution in [0.25, 0.3) is 0 Å². The van der Waals surface area contributed by atoms with E-state index in [1.807, 2.05) is 0 Å². The minimum absolute atomic E-state index is 0.00653. The highest BCUT2D eigenvalue weighted by atomic mass is 32.2. The second-order valence-corrected chi connectivity index (χ2v) is 7.71. The lowest BCUT2D eigenvalue weighted by Crippen LogP contribution is -2.47. The number of halogens is 1. The number of piperidine rings is 1. The van der Waals surface area contributed by atoms with Gasteiger partial charge < -0.3 is 19.9 Å². The van der Waals surface area contributed by atoms with Crippen LogP contribution in [-0.2, 0) is 11.5 Å². The number of fused-ring (bicyclic) bond motifs is 1. The van der Waals surface area contributed by atoms with Crippen LogP contribution >= 0.6 is 0 Å². The zero-order chi connectivity index (χ0) is 20.4. The van der Waals surface area contributed by atoms with E-state index in [1.54, 1.807) is 23.1 Å². The molecule has 152 valence electrons. The molecule has 0 radical (unpaired) electrons. The number of nitrogens with two attached hydrogens (primary N) is 1. The number of amidine groups is 1. The third-order valence-electron chi connectivity index (χ3n) is 4.98. The van der Waals surface area contributed by atoms with Crippen molar-refractivity contribution in [2.45, 2.75) is 25.3 Å². The average molecular weight is 417 g/mol. The van der Waals surface area contributed by atoms with Gasteiger partial charge >= 0.3 is 0 Å². The standard InChI is InChI=1S/C19H20FN5O3S/c20-14-10-22-8-7-13(14)19(26)25-9-2-1-4-12(25)11-28-16-6-3-5-15-17(16)18(21)24-29(27)23-15/h3,5-8,10,12,23H,1-2,4,9,11H2,(H2,21,24). The summed E-state index contributed by atoms with van der Waals surface area (Å²) in [7, 11) is 0. The van der Waals surface area contributed by atoms with Crippen molar-refractivity contribution < 1.29 is 18.5 Å². The lowest BCUT2D eigenvalue weighted by molar-refractivity contribution is 0.0523. The second kappa shape index (κ2) is 8.26. The minimum atomic E-state index is -1.62. The zero-order valence-electron chi connectivity index (χ0n) is 15.5. The third kappa shape index (κ3) is 3.99. The molecule has 1 aromatic heterocycles. The Morgan fingerprint density at radius 1 is 1.41 bits per heavy atom. The van der Waals surface area contributed by atoms with Crippen LogP contribution in [0.5, 0.6) is 5.75 Å². The summed E-state index contributed by atoms with van der Waals surface area (Å²) >= 11 is -1.62. The summed E-state index contributed by atoms with van der Waals surface area (Å²) in [6.07, 6.45) is 5.00. The Bertz CT molecular complexity index is 957. The van der Waals surface area contributed by atoms with Gasteiger partial charge in [-0.05, 0) is 41.9 Å². The first-order valence-electron chi connectivity index (χ1n) is 9.24. The number of rotatable bonds is 4. The summed E-state index contributed by atoms with van der Waals surface area (Å²) in [6, 6.07) is 6.43. The van der Waals surface area contributed by atoms with Crippen molar-refractivity contribution in [1.29, 1.82) is 0 Å². The number of amides is 1. The maximum absolute atomic E-state index is 14.0. The summed E-state index contributed by atoms with van der Waals surface area (Å²) in [6.45, 7) is 0.761. The summed E-state index contributed by atoms with van der Waals surface area (Å²) in [5.41, 5.74) is 7.06. The van der Waals surface area contributed by atoms with Crippen molar-refractivity contribution in [1.82, 2.24) is 9.88 Å². The van der Waals surface area contributed by atoms with Crippen molar-refractivity contribution in [3.05, 3.63) is 53.6 Å². The molecule has 8 nitrogen and oxygen atoms in total. The van der Waals surface area contributed by atoms with Gasteiger partial charge in [0.15, 0.2) is 11.7 Å². The molecule has 1 aromatic carbocycles. The van der Waals surface area contributed by atoms with Crippen molar-refractivity contribution >= 4 is 29.0 Å². The van der Waals surface area contributed by atoms with E-state index in [0.29, 0.717) is 23.5 Å². The van der Waals surface area contributed by atoms with Crippen LogP contribution in [0.1, 0.15) is 35.2 Å². The van der Waals surface area contributed by atoms with Gasteiger partial charge in [-0.3, -0.25) is 9.78 Å². The topological polar surface area (TPSA) is 116 Å². The molecule has 10 heteroatoms. The SMILES string of the molecule is NC1=N[S+]([O-])Nc2cccc(OCC3CCCCN3C(=O)c3ccncc3F)c21. The predicted molar refractivity (Wildman–Crippen MR) is 107 cm³/mol. The van der Waals surface area contributed by atoms with E-state index in [0.717, 1.165) is 25.5 Å². The molecule has 1 saturated heterocycles. The molecule has 0 saturated carbocycles. The summed E-state index contributed by atoms with van der Waals surface area (Å²) < 4.78 is 38.2. The molecule has 1 amide bonds. The fourth-order valence-electron chi connectivity index (χ4n) is 3.58. The van der Waals surface area contributed by atoms with Gasteiger partial charge in [0, 0.05) is 12.7 Å². The minimum Gasteiger partial charge on any atom is -0.566 e. The molecule has 0 bridgehead atoms. The van der Waals surface area contributed by atoms with Crippen LogP contribution in [-0.4, -0.2) is 45.4 Å². The number of aromatic nitrogens is 1. The Morgan fingerprint density at radius 3 is 3.10 bits per heavy atom. The Kier molecular flexibility index (Phi) is 5.54. The Labute approximate surface area is 170 Å². The molecule has 3 heterocycles. The first kappa shape index (κ1) is 19.5. The number of anilines is 1. The molecule has 0 aliphatic carbocycles. The quantitative estimate of drug-likeness (QED) is 0.735. The number of ether oxygens (including phenoxy) is 1. The summed E-state index contributed by atoms with van der Waals surface area (Å²) in [4.78, 5) is 18.2. The fourth-order valence-corrected chi connectivity index (χ4v) is 4.26. The molecule has 2 aliphatic heterocycles. The number of hydrogen-bond donors (Lipinski definition) is 2. The lowest BCUT2D eigenvalue weighted by Gasteiger charge is -2.35. The highest BCUT2D eigenvalue weighted by molar-refractivity contribution is 7.91. The molecular formula is C19H20FN5O3S. The number of nitrogens with one attached hydrogen (secondary N) is 1. The maximum atomic E-state index is 14.0. The van der Waals surface area contributed by atoms with E-state index in [4.69, 9.17) is 10.5 Å². The Balaban J connectivity index is 1.52. The van der Waals surface area contributed by atoms with E-state index in [9.17, 15) is 13.7 Å². The molecule has 1 fully saturated rings. The van der Waals surface area contributed by atoms with Gasteiger partial charge in [0.2, 0.25) is 11.5 Å². The van der Waals surface area contributed by atoms with Crippen LogP contribution in [0.2, 0.25) is 0 Å². The van der Waals surface area contributed by atoms with Gasteiger partial charge in [-0.25, -0.2) is 4.39 Å². The van der Waals surface area contributed by atoms with Gasteiger partial charge in [-0.1, -0.05) is 6.07 Å². The lowest BCUT2D eigenvalue weighted by atomic mass is 10.0. The van der Waals surface area contributed by atoms with Crippen LogP contribution in [0.3, 0.4) is 0 Å². The molecule has 2 aliphatic rings. The second-order valence-electron chi connectivity index (χ2n) is 6.82. The first-order valence-corrected chi connectivity index (χ1v) is 10.3. The summed E-state index contributed by atoms with van der Waals surface area (Å²) in [5, 5.41) is 0. The number of carbonyl (C=O) groups is 1. The van der Waals surface area contributed by atoms with Crippen LogP contribution in [0.4, 0.5) is 10.1 Å². The van der Waals surface area contributed by atoms with Gasteiger partial charge in [0.25, 0.3) is 5.91 Å². The van der Waals surface area contributed by atoms with Crippen molar-refractivity contribution in [2.75, 3.05) is 17.9 Å². The van der Waals surface area contributed by atoms with Crippen molar-refractivity contribution in [3.8, 4) is 5.75 Å². The van der Waals surface area contributed by atoms with Gasteiger partial charge in [-0.2, -0.15) is 4.72 Å². The first-order chi connectivity index (χ1) is 14.0. The van der Waals surface area contributed by atoms with E-state index in [1.165, 1.54) is 12.3 Å². The van der Waals surface area contributed by atoms with Crippen LogP contribution in [0, 0.1) is 5.82 Å². The molecule has 2 unspecified atom stereocenters. The molecule has 4 rings (SSSR count). The normalized spacial score (nSPS) is 21.0. The van der Waals surface area contributed by atoms with Gasteiger partial charge in [0.05, 0.1) is 29.1 Å². The smallest absolute Gasteiger partial charge is 0.257 e. The molecule has 2 atom stereocenters. The monoisotopic (exact) mass is 417 g/mol. The molecule has 3 N–H and O–H groups in total. The van der Waals surface area contributed by atoms with Crippen LogP contribution in [0.15, 0.2) is 41.1 Å². The largest absolute Gasteiger partial charge is 0.566 e. The number of carbonyl (C=O) groups excluding carboxylic acids is 1. The average Bonchev–Trinajstić information content (AvgIpc) is 2.72. The molecule has 2 aromatic rings. The van der Waals surface area contributed by atoms with E-state index >= 15 is 0 Å². The molecule has 29 heavy (non-hydrogen) atoms. The number of likely N-dealkylation sites (tertiary alicyclic amines) is 1. The van der Waals surface area contributed by atoms with E-state index in [2.05, 4.69) is 14.1 Å². The molecule has 0 spiro atoms. The number of benzene rings is 1. The Morgan fingerprint density at radius 2 is 2.28 bits per heavy atom. The van der Waals surface area contributed by atoms with Crippen molar-refractivity contribution in [3.63, 3.8) is 0 Å². The third-order valence-corrected chi connectivity index (χ3v) is 5.74. The van der Waals surface area contributed by atoms with Crippen molar-refractivity contribution in [2.24, 2.45) is 10.1 Å². The number of pyridine rings is 1. The molecular weight excluding hydrogens is 397 g/mol. The van der Waals surface area contributed by atoms with E-state index in [-0.39, 0.29) is 30.0 Å². The van der Waals surface area contributed by atoms with Gasteiger partial charge in [-0.15, -0.1) is 0 Å². The predicted octanol–water partition coefficient (Wildman–Crippen LogP) is 2.00. The van der Waals surface area contributed by atoms with E-state index < -0.39 is 17.4 Å². The number of nitrogens with zero attached hydrogens (tertiary/aromatic N) is 3. The highest BCUT2D eigenvalue weighted by Gasteiger charge is 2.30. The number of hydrogen-bond acceptors (Lipinski definition) is 7. The zero-order valence-corrected chi connectivity index (χ0v) is 16.3. The highest BCUT2D eigenvalue weighted by Crippen LogP contribution is 2.31. The maximum Gasteiger partial charge on any atom is 0.257 e. The Hall–Kier alpha value is -2.85.